The first-order valence-electron chi connectivity index (χ1n) is 10.8. The minimum atomic E-state index is -0.748. The number of amides is 1. The second-order valence-corrected chi connectivity index (χ2v) is 7.83. The third-order valence-corrected chi connectivity index (χ3v) is 5.02. The number of carbonyl (C=O) groups is 2. The first-order valence-corrected chi connectivity index (χ1v) is 10.8. The van der Waals surface area contributed by atoms with E-state index in [1.807, 2.05) is 20.8 Å². The fraction of sp³-hybridized carbons (Fsp3) is 0.360. The minimum absolute atomic E-state index is 0.0319. The van der Waals surface area contributed by atoms with Crippen molar-refractivity contribution in [2.45, 2.75) is 39.3 Å². The van der Waals surface area contributed by atoms with Gasteiger partial charge in [0.05, 0.1) is 24.3 Å². The lowest BCUT2D eigenvalue weighted by atomic mass is 9.95. The fourth-order valence-corrected chi connectivity index (χ4v) is 3.78. The van der Waals surface area contributed by atoms with E-state index in [9.17, 15) is 14.7 Å². The largest absolute Gasteiger partial charge is 0.507 e. The predicted molar refractivity (Wildman–Crippen MR) is 121 cm³/mol. The SMILES string of the molecule is CCCN1C(=O)C(=O)/C(=C(\O)c2cccc(OC(C)C)c2)C1c1cccc(OCCO)c1. The number of Topliss-reactive ketones (excluding diaryl/α,β-unsaturated/α-hetero) is 1. The number of likely N-dealkylation sites (tertiary alicyclic amines) is 1. The second-order valence-electron chi connectivity index (χ2n) is 7.83. The van der Waals surface area contributed by atoms with Crippen molar-refractivity contribution in [3.63, 3.8) is 0 Å². The summed E-state index contributed by atoms with van der Waals surface area (Å²) in [5.74, 6) is -0.552. The Labute approximate surface area is 187 Å². The first kappa shape index (κ1) is 23.3. The number of aliphatic hydroxyl groups is 2. The standard InChI is InChI=1S/C25H29NO6/c1-4-11-26-22(17-7-5-9-19(14-17)31-13-12-27)21(24(29)25(26)30)23(28)18-8-6-10-20(15-18)32-16(2)3/h5-10,14-16,22,27-28H,4,11-13H2,1-3H3/b23-21-. The van der Waals surface area contributed by atoms with Gasteiger partial charge in [0.1, 0.15) is 23.9 Å². The van der Waals surface area contributed by atoms with E-state index in [-0.39, 0.29) is 30.6 Å². The first-order chi connectivity index (χ1) is 15.4. The highest BCUT2D eigenvalue weighted by molar-refractivity contribution is 6.46. The summed E-state index contributed by atoms with van der Waals surface area (Å²) < 4.78 is 11.2. The molecule has 3 rings (SSSR count). The molecule has 170 valence electrons. The molecule has 1 atom stereocenters. The molecule has 7 heteroatoms. The van der Waals surface area contributed by atoms with Gasteiger partial charge in [0, 0.05) is 12.1 Å². The van der Waals surface area contributed by atoms with E-state index < -0.39 is 17.7 Å². The molecule has 0 saturated carbocycles. The zero-order valence-electron chi connectivity index (χ0n) is 18.6. The van der Waals surface area contributed by atoms with Gasteiger partial charge < -0.3 is 24.6 Å². The third kappa shape index (κ3) is 4.94. The number of aliphatic hydroxyl groups excluding tert-OH is 2. The number of ketones is 1. The van der Waals surface area contributed by atoms with Crippen LogP contribution in [0.15, 0.2) is 54.1 Å². The van der Waals surface area contributed by atoms with Gasteiger partial charge in [-0.1, -0.05) is 31.2 Å². The topological polar surface area (TPSA) is 96.3 Å². The van der Waals surface area contributed by atoms with Gasteiger partial charge in [0.25, 0.3) is 11.7 Å². The fourth-order valence-electron chi connectivity index (χ4n) is 3.78. The summed E-state index contributed by atoms with van der Waals surface area (Å²) in [7, 11) is 0. The van der Waals surface area contributed by atoms with Gasteiger partial charge in [-0.15, -0.1) is 0 Å². The Balaban J connectivity index is 2.11. The number of carbonyl (C=O) groups excluding carboxylic acids is 2. The van der Waals surface area contributed by atoms with Gasteiger partial charge in [-0.3, -0.25) is 9.59 Å². The summed E-state index contributed by atoms with van der Waals surface area (Å²) in [6.45, 7) is 6.08. The summed E-state index contributed by atoms with van der Waals surface area (Å²) in [5, 5.41) is 20.2. The zero-order chi connectivity index (χ0) is 23.3. The van der Waals surface area contributed by atoms with Gasteiger partial charge in [0.2, 0.25) is 0 Å². The van der Waals surface area contributed by atoms with Crippen molar-refractivity contribution in [2.24, 2.45) is 0 Å². The molecule has 1 saturated heterocycles. The van der Waals surface area contributed by atoms with Gasteiger partial charge in [0.15, 0.2) is 0 Å². The highest BCUT2D eigenvalue weighted by atomic mass is 16.5. The molecule has 0 aromatic heterocycles. The normalized spacial score (nSPS) is 17.8. The van der Waals surface area contributed by atoms with E-state index in [0.717, 1.165) is 0 Å². The van der Waals surface area contributed by atoms with Crippen LogP contribution in [0.4, 0.5) is 0 Å². The number of nitrogens with zero attached hydrogens (tertiary/aromatic N) is 1. The molecular formula is C25H29NO6. The Bertz CT molecular complexity index is 1010. The summed E-state index contributed by atoms with van der Waals surface area (Å²) in [4.78, 5) is 27.3. The average molecular weight is 440 g/mol. The Morgan fingerprint density at radius 1 is 1.09 bits per heavy atom. The van der Waals surface area contributed by atoms with Gasteiger partial charge in [-0.25, -0.2) is 0 Å². The lowest BCUT2D eigenvalue weighted by molar-refractivity contribution is -0.139. The van der Waals surface area contributed by atoms with Crippen LogP contribution >= 0.6 is 0 Å². The quantitative estimate of drug-likeness (QED) is 0.352. The highest BCUT2D eigenvalue weighted by Gasteiger charge is 2.45. The minimum Gasteiger partial charge on any atom is -0.507 e. The Morgan fingerprint density at radius 3 is 2.50 bits per heavy atom. The van der Waals surface area contributed by atoms with E-state index in [0.29, 0.717) is 35.6 Å². The molecule has 0 spiro atoms. The lowest BCUT2D eigenvalue weighted by Crippen LogP contribution is -2.30. The molecule has 1 aliphatic heterocycles. The maximum Gasteiger partial charge on any atom is 0.295 e. The van der Waals surface area contributed by atoms with Gasteiger partial charge in [-0.05, 0) is 50.1 Å². The maximum atomic E-state index is 13.0. The molecular weight excluding hydrogens is 410 g/mol. The Morgan fingerprint density at radius 2 is 1.81 bits per heavy atom. The molecule has 2 aromatic rings. The smallest absolute Gasteiger partial charge is 0.295 e. The molecule has 1 aliphatic rings. The van der Waals surface area contributed by atoms with Crippen molar-refractivity contribution in [1.29, 1.82) is 0 Å². The van der Waals surface area contributed by atoms with Crippen LogP contribution < -0.4 is 9.47 Å². The van der Waals surface area contributed by atoms with E-state index in [2.05, 4.69) is 0 Å². The molecule has 1 amide bonds. The zero-order valence-corrected chi connectivity index (χ0v) is 18.6. The number of benzene rings is 2. The number of hydrogen-bond acceptors (Lipinski definition) is 6. The van der Waals surface area contributed by atoms with Crippen molar-refractivity contribution < 1.29 is 29.3 Å². The monoisotopic (exact) mass is 439 g/mol. The van der Waals surface area contributed by atoms with Crippen molar-refractivity contribution in [3.8, 4) is 11.5 Å². The Hall–Kier alpha value is -3.32. The van der Waals surface area contributed by atoms with Crippen LogP contribution in [-0.4, -0.2) is 52.7 Å². The maximum absolute atomic E-state index is 13.0. The number of rotatable bonds is 9. The van der Waals surface area contributed by atoms with Crippen LogP contribution in [0.2, 0.25) is 0 Å². The van der Waals surface area contributed by atoms with Crippen molar-refractivity contribution in [3.05, 3.63) is 65.2 Å². The van der Waals surface area contributed by atoms with Gasteiger partial charge in [-0.2, -0.15) is 0 Å². The average Bonchev–Trinajstić information content (AvgIpc) is 3.02. The van der Waals surface area contributed by atoms with Crippen molar-refractivity contribution in [2.75, 3.05) is 19.8 Å². The lowest BCUT2D eigenvalue weighted by Gasteiger charge is -2.25. The molecule has 2 N–H and O–H groups in total. The van der Waals surface area contributed by atoms with Crippen molar-refractivity contribution >= 4 is 17.4 Å². The molecule has 0 aliphatic carbocycles. The summed E-state index contributed by atoms with van der Waals surface area (Å²) in [6.07, 6.45) is 0.603. The number of hydrogen-bond donors (Lipinski definition) is 2. The van der Waals surface area contributed by atoms with Crippen molar-refractivity contribution in [1.82, 2.24) is 4.90 Å². The molecule has 1 fully saturated rings. The third-order valence-electron chi connectivity index (χ3n) is 5.02. The molecule has 0 bridgehead atoms. The molecule has 32 heavy (non-hydrogen) atoms. The summed E-state index contributed by atoms with van der Waals surface area (Å²) >= 11 is 0. The predicted octanol–water partition coefficient (Wildman–Crippen LogP) is 3.68. The molecule has 2 aromatic carbocycles. The highest BCUT2D eigenvalue weighted by Crippen LogP contribution is 2.40. The van der Waals surface area contributed by atoms with Crippen LogP contribution in [0.5, 0.6) is 11.5 Å². The summed E-state index contributed by atoms with van der Waals surface area (Å²) in [6, 6.07) is 13.1. The van der Waals surface area contributed by atoms with E-state index in [4.69, 9.17) is 14.6 Å². The van der Waals surface area contributed by atoms with Crippen LogP contribution in [0, 0.1) is 0 Å². The molecule has 1 unspecified atom stereocenters. The van der Waals surface area contributed by atoms with Crippen LogP contribution in [-0.2, 0) is 9.59 Å². The van der Waals surface area contributed by atoms with Crippen LogP contribution in [0.1, 0.15) is 44.4 Å². The number of ether oxygens (including phenoxy) is 2. The van der Waals surface area contributed by atoms with E-state index in [1.165, 1.54) is 4.90 Å². The molecule has 0 radical (unpaired) electrons. The molecule has 7 nitrogen and oxygen atoms in total. The van der Waals surface area contributed by atoms with Crippen LogP contribution in [0.25, 0.3) is 5.76 Å². The van der Waals surface area contributed by atoms with Crippen LogP contribution in [0.3, 0.4) is 0 Å². The Kier molecular flexibility index (Phi) is 7.53. The summed E-state index contributed by atoms with van der Waals surface area (Å²) in [5.41, 5.74) is 1.07. The van der Waals surface area contributed by atoms with E-state index >= 15 is 0 Å². The van der Waals surface area contributed by atoms with E-state index in [1.54, 1.807) is 48.5 Å². The second kappa shape index (κ2) is 10.3. The molecule has 1 heterocycles. The van der Waals surface area contributed by atoms with Gasteiger partial charge >= 0.3 is 0 Å².